The third kappa shape index (κ3) is 2.61. The molecule has 1 aliphatic heterocycles. The van der Waals surface area contributed by atoms with Crippen molar-refractivity contribution in [2.24, 2.45) is 0 Å². The number of carbonyl (C=O) groups is 1. The summed E-state index contributed by atoms with van der Waals surface area (Å²) in [7, 11) is 0. The van der Waals surface area contributed by atoms with Gasteiger partial charge in [-0.3, -0.25) is 4.79 Å². The van der Waals surface area contributed by atoms with Crippen LogP contribution in [0.1, 0.15) is 18.1 Å². The Morgan fingerprint density at radius 1 is 1.24 bits per heavy atom. The van der Waals surface area contributed by atoms with Crippen LogP contribution in [0, 0.1) is 6.92 Å². The number of hydrogen-bond donors (Lipinski definition) is 0. The minimum Gasteiger partial charge on any atom is -0.479 e. The molecule has 0 saturated heterocycles. The van der Waals surface area contributed by atoms with Crippen molar-refractivity contribution >= 4 is 23.2 Å². The molecule has 0 spiro atoms. The van der Waals surface area contributed by atoms with Gasteiger partial charge in [-0.1, -0.05) is 35.9 Å². The SMILES string of the molecule is Cc1ccc2c(c1)N(Cc1ccccc1Cl)C(=O)[C@H](C)O2. The molecule has 3 rings (SSSR count). The molecule has 0 radical (unpaired) electrons. The maximum absolute atomic E-state index is 12.5. The van der Waals surface area contributed by atoms with Crippen LogP contribution in [0.2, 0.25) is 5.02 Å². The van der Waals surface area contributed by atoms with E-state index in [2.05, 4.69) is 0 Å². The number of fused-ring (bicyclic) bond motifs is 1. The minimum absolute atomic E-state index is 0.0481. The summed E-state index contributed by atoms with van der Waals surface area (Å²) in [6.45, 7) is 4.21. The summed E-state index contributed by atoms with van der Waals surface area (Å²) < 4.78 is 5.67. The maximum Gasteiger partial charge on any atom is 0.268 e. The van der Waals surface area contributed by atoms with E-state index in [4.69, 9.17) is 16.3 Å². The van der Waals surface area contributed by atoms with E-state index in [1.165, 1.54) is 0 Å². The Labute approximate surface area is 129 Å². The van der Waals surface area contributed by atoms with Crippen LogP contribution < -0.4 is 9.64 Å². The zero-order valence-corrected chi connectivity index (χ0v) is 12.7. The lowest BCUT2D eigenvalue weighted by atomic mass is 10.1. The highest BCUT2D eigenvalue weighted by Gasteiger charge is 2.31. The fraction of sp³-hybridized carbons (Fsp3) is 0.235. The van der Waals surface area contributed by atoms with Gasteiger partial charge in [0, 0.05) is 5.02 Å². The summed E-state index contributed by atoms with van der Waals surface area (Å²) in [5.41, 5.74) is 2.82. The number of amides is 1. The van der Waals surface area contributed by atoms with Crippen LogP contribution in [0.15, 0.2) is 42.5 Å². The van der Waals surface area contributed by atoms with Crippen molar-refractivity contribution in [1.82, 2.24) is 0 Å². The van der Waals surface area contributed by atoms with E-state index in [1.807, 2.05) is 49.4 Å². The zero-order chi connectivity index (χ0) is 15.0. The van der Waals surface area contributed by atoms with E-state index in [-0.39, 0.29) is 5.91 Å². The third-order valence-corrected chi connectivity index (χ3v) is 3.98. The number of carbonyl (C=O) groups excluding carboxylic acids is 1. The van der Waals surface area contributed by atoms with Gasteiger partial charge in [0.25, 0.3) is 5.91 Å². The summed E-state index contributed by atoms with van der Waals surface area (Å²) in [4.78, 5) is 14.2. The number of ether oxygens (including phenoxy) is 1. The van der Waals surface area contributed by atoms with Crippen LogP contribution in [-0.2, 0) is 11.3 Å². The molecule has 21 heavy (non-hydrogen) atoms. The van der Waals surface area contributed by atoms with Crippen molar-refractivity contribution in [2.75, 3.05) is 4.90 Å². The van der Waals surface area contributed by atoms with E-state index < -0.39 is 6.10 Å². The highest BCUT2D eigenvalue weighted by molar-refractivity contribution is 6.31. The van der Waals surface area contributed by atoms with E-state index in [1.54, 1.807) is 11.8 Å². The highest BCUT2D eigenvalue weighted by Crippen LogP contribution is 2.36. The van der Waals surface area contributed by atoms with Gasteiger partial charge in [-0.15, -0.1) is 0 Å². The number of nitrogens with zero attached hydrogens (tertiary/aromatic N) is 1. The minimum atomic E-state index is -0.484. The molecule has 2 aromatic carbocycles. The summed E-state index contributed by atoms with van der Waals surface area (Å²) in [6, 6.07) is 13.4. The lowest BCUT2D eigenvalue weighted by Crippen LogP contribution is -2.44. The predicted octanol–water partition coefficient (Wildman–Crippen LogP) is 3.96. The Hall–Kier alpha value is -2.00. The van der Waals surface area contributed by atoms with Gasteiger partial charge in [0.15, 0.2) is 6.10 Å². The molecule has 0 N–H and O–H groups in total. The molecule has 1 amide bonds. The van der Waals surface area contributed by atoms with Crippen LogP contribution in [0.5, 0.6) is 5.75 Å². The van der Waals surface area contributed by atoms with Crippen LogP contribution >= 0.6 is 11.6 Å². The van der Waals surface area contributed by atoms with Gasteiger partial charge in [-0.2, -0.15) is 0 Å². The van der Waals surface area contributed by atoms with Crippen molar-refractivity contribution in [2.45, 2.75) is 26.5 Å². The van der Waals surface area contributed by atoms with Gasteiger partial charge < -0.3 is 9.64 Å². The van der Waals surface area contributed by atoms with E-state index >= 15 is 0 Å². The molecular formula is C17H16ClNO2. The molecule has 0 unspecified atom stereocenters. The van der Waals surface area contributed by atoms with Crippen LogP contribution in [-0.4, -0.2) is 12.0 Å². The first-order valence-electron chi connectivity index (χ1n) is 6.88. The van der Waals surface area contributed by atoms with Gasteiger partial charge in [0.1, 0.15) is 5.75 Å². The van der Waals surface area contributed by atoms with E-state index in [9.17, 15) is 4.79 Å². The van der Waals surface area contributed by atoms with Gasteiger partial charge in [-0.05, 0) is 43.2 Å². The molecule has 108 valence electrons. The van der Waals surface area contributed by atoms with Crippen molar-refractivity contribution in [3.8, 4) is 5.75 Å². The predicted molar refractivity (Wildman–Crippen MR) is 83.9 cm³/mol. The molecule has 0 aliphatic carbocycles. The fourth-order valence-corrected chi connectivity index (χ4v) is 2.67. The Kier molecular flexibility index (Phi) is 3.60. The van der Waals surface area contributed by atoms with Crippen molar-refractivity contribution in [1.29, 1.82) is 0 Å². The average Bonchev–Trinajstić information content (AvgIpc) is 2.46. The number of rotatable bonds is 2. The number of halogens is 1. The second-order valence-electron chi connectivity index (χ2n) is 5.25. The third-order valence-electron chi connectivity index (χ3n) is 3.61. The second kappa shape index (κ2) is 5.41. The molecule has 3 nitrogen and oxygen atoms in total. The fourth-order valence-electron chi connectivity index (χ4n) is 2.48. The summed E-state index contributed by atoms with van der Waals surface area (Å²) >= 11 is 6.22. The smallest absolute Gasteiger partial charge is 0.268 e. The van der Waals surface area contributed by atoms with Crippen LogP contribution in [0.25, 0.3) is 0 Å². The van der Waals surface area contributed by atoms with Crippen molar-refractivity contribution < 1.29 is 9.53 Å². The molecular weight excluding hydrogens is 286 g/mol. The first-order valence-corrected chi connectivity index (χ1v) is 7.26. The molecule has 1 heterocycles. The number of anilines is 1. The molecule has 1 atom stereocenters. The standard InChI is InChI=1S/C17H16ClNO2/c1-11-7-8-16-15(9-11)19(17(20)12(2)21-16)10-13-5-3-4-6-14(13)18/h3-9,12H,10H2,1-2H3/t12-/m0/s1. The molecule has 0 fully saturated rings. The maximum atomic E-state index is 12.5. The summed E-state index contributed by atoms with van der Waals surface area (Å²) in [6.07, 6.45) is -0.484. The van der Waals surface area contributed by atoms with Gasteiger partial charge >= 0.3 is 0 Å². The Morgan fingerprint density at radius 3 is 2.76 bits per heavy atom. The lowest BCUT2D eigenvalue weighted by molar-refractivity contribution is -0.125. The molecule has 2 aromatic rings. The quantitative estimate of drug-likeness (QED) is 0.840. The summed E-state index contributed by atoms with van der Waals surface area (Å²) in [5, 5.41) is 0.665. The highest BCUT2D eigenvalue weighted by atomic mass is 35.5. The second-order valence-corrected chi connectivity index (χ2v) is 5.65. The first kappa shape index (κ1) is 14.0. The van der Waals surface area contributed by atoms with Crippen molar-refractivity contribution in [3.63, 3.8) is 0 Å². The largest absolute Gasteiger partial charge is 0.479 e. The summed E-state index contributed by atoms with van der Waals surface area (Å²) in [5.74, 6) is 0.688. The van der Waals surface area contributed by atoms with Crippen LogP contribution in [0.3, 0.4) is 0 Å². The van der Waals surface area contributed by atoms with Gasteiger partial charge in [0.05, 0.1) is 12.2 Å². The normalized spacial score (nSPS) is 17.4. The molecule has 0 aromatic heterocycles. The Balaban J connectivity index is 2.03. The topological polar surface area (TPSA) is 29.5 Å². The van der Waals surface area contributed by atoms with Crippen molar-refractivity contribution in [3.05, 3.63) is 58.6 Å². The zero-order valence-electron chi connectivity index (χ0n) is 12.0. The molecule has 0 saturated carbocycles. The Morgan fingerprint density at radius 2 is 2.00 bits per heavy atom. The molecule has 1 aliphatic rings. The van der Waals surface area contributed by atoms with Gasteiger partial charge in [0.2, 0.25) is 0 Å². The average molecular weight is 302 g/mol. The van der Waals surface area contributed by atoms with Gasteiger partial charge in [-0.25, -0.2) is 0 Å². The number of benzene rings is 2. The van der Waals surface area contributed by atoms with E-state index in [0.717, 1.165) is 22.6 Å². The Bertz CT molecular complexity index is 699. The monoisotopic (exact) mass is 301 g/mol. The first-order chi connectivity index (χ1) is 10.1. The lowest BCUT2D eigenvalue weighted by Gasteiger charge is -2.33. The molecule has 4 heteroatoms. The van der Waals surface area contributed by atoms with Crippen LogP contribution in [0.4, 0.5) is 5.69 Å². The number of hydrogen-bond acceptors (Lipinski definition) is 2. The molecule has 0 bridgehead atoms. The van der Waals surface area contributed by atoms with E-state index in [0.29, 0.717) is 11.6 Å². The number of aryl methyl sites for hydroxylation is 1.